The number of nitrogens with one attached hydrogen (secondary N) is 1. The summed E-state index contributed by atoms with van der Waals surface area (Å²) >= 11 is 3.27. The molecule has 1 N–H and O–H groups in total. The summed E-state index contributed by atoms with van der Waals surface area (Å²) in [4.78, 5) is 21.1. The molecule has 94 valence electrons. The van der Waals surface area contributed by atoms with Gasteiger partial charge in [0.05, 0.1) is 12.0 Å². The third-order valence-electron chi connectivity index (χ3n) is 2.69. The molecule has 0 atom stereocenters. The highest BCUT2D eigenvalue weighted by molar-refractivity contribution is 7.98. The average molecular weight is 288 g/mol. The van der Waals surface area contributed by atoms with Gasteiger partial charge in [-0.2, -0.15) is 0 Å². The summed E-state index contributed by atoms with van der Waals surface area (Å²) in [6.07, 6.45) is 7.23. The van der Waals surface area contributed by atoms with E-state index in [4.69, 9.17) is 0 Å². The van der Waals surface area contributed by atoms with E-state index in [-0.39, 0.29) is 0 Å². The Morgan fingerprint density at radius 3 is 3.26 bits per heavy atom. The summed E-state index contributed by atoms with van der Waals surface area (Å²) in [5.41, 5.74) is 2.62. The molecule has 0 saturated carbocycles. The van der Waals surface area contributed by atoms with Crippen molar-refractivity contribution in [2.45, 2.75) is 10.8 Å². The van der Waals surface area contributed by atoms with Gasteiger partial charge in [0, 0.05) is 23.5 Å². The number of H-pyrrole nitrogens is 1. The minimum absolute atomic E-state index is 0.698. The van der Waals surface area contributed by atoms with Crippen LogP contribution in [0.4, 0.5) is 0 Å². The van der Waals surface area contributed by atoms with Gasteiger partial charge in [0.25, 0.3) is 0 Å². The summed E-state index contributed by atoms with van der Waals surface area (Å²) in [5.74, 6) is 0.777. The SMILES string of the molecule is c1nc(SCc2cn3ccsc3n2)c2[nH]cnc2n1. The molecule has 0 saturated heterocycles. The number of imidazole rings is 2. The van der Waals surface area contributed by atoms with Crippen molar-refractivity contribution in [2.24, 2.45) is 0 Å². The average Bonchev–Trinajstić information content (AvgIpc) is 3.10. The quantitative estimate of drug-likeness (QED) is 0.463. The standard InChI is InChI=1S/C11H8N6S2/c1-2-18-11-16-7(3-17(1)11)4-19-10-8-9(13-5-12-8)14-6-15-10/h1-3,5-6H,4H2,(H,12,13,14,15). The van der Waals surface area contributed by atoms with Crippen molar-refractivity contribution in [1.82, 2.24) is 29.3 Å². The van der Waals surface area contributed by atoms with E-state index in [1.165, 1.54) is 6.33 Å². The van der Waals surface area contributed by atoms with Crippen LogP contribution in [0.15, 0.2) is 35.5 Å². The Kier molecular flexibility index (Phi) is 2.49. The zero-order valence-electron chi connectivity index (χ0n) is 9.65. The van der Waals surface area contributed by atoms with E-state index < -0.39 is 0 Å². The molecule has 0 spiro atoms. The monoisotopic (exact) mass is 288 g/mol. The molecule has 0 bridgehead atoms. The fraction of sp³-hybridized carbons (Fsp3) is 0.0909. The third kappa shape index (κ3) is 1.89. The predicted molar refractivity (Wildman–Crippen MR) is 74.3 cm³/mol. The predicted octanol–water partition coefficient (Wildman–Crippen LogP) is 2.35. The number of fused-ring (bicyclic) bond motifs is 2. The van der Waals surface area contributed by atoms with Gasteiger partial charge in [0.2, 0.25) is 0 Å². The molecule has 0 fully saturated rings. The molecule has 0 unspecified atom stereocenters. The van der Waals surface area contributed by atoms with Crippen LogP contribution in [0, 0.1) is 0 Å². The first-order valence-electron chi connectivity index (χ1n) is 5.58. The Bertz CT molecular complexity index is 816. The van der Waals surface area contributed by atoms with Crippen LogP contribution in [0.5, 0.6) is 0 Å². The summed E-state index contributed by atoms with van der Waals surface area (Å²) in [6, 6.07) is 0. The lowest BCUT2D eigenvalue weighted by atomic mass is 10.5. The molecule has 0 aliphatic rings. The minimum Gasteiger partial charge on any atom is -0.341 e. The van der Waals surface area contributed by atoms with Crippen LogP contribution >= 0.6 is 23.1 Å². The van der Waals surface area contributed by atoms with E-state index in [0.717, 1.165) is 27.0 Å². The summed E-state index contributed by atoms with van der Waals surface area (Å²) in [5, 5.41) is 2.93. The Morgan fingerprint density at radius 2 is 2.32 bits per heavy atom. The summed E-state index contributed by atoms with van der Waals surface area (Å²) in [7, 11) is 0. The Morgan fingerprint density at radius 1 is 1.32 bits per heavy atom. The maximum Gasteiger partial charge on any atom is 0.193 e. The van der Waals surface area contributed by atoms with Crippen LogP contribution in [-0.2, 0) is 5.75 Å². The smallest absolute Gasteiger partial charge is 0.193 e. The van der Waals surface area contributed by atoms with Crippen LogP contribution in [-0.4, -0.2) is 29.3 Å². The zero-order chi connectivity index (χ0) is 12.7. The maximum atomic E-state index is 4.55. The topological polar surface area (TPSA) is 71.8 Å². The van der Waals surface area contributed by atoms with Gasteiger partial charge in [-0.25, -0.2) is 19.9 Å². The number of hydrogen-bond acceptors (Lipinski definition) is 6. The van der Waals surface area contributed by atoms with Gasteiger partial charge in [-0.05, 0) is 0 Å². The number of aromatic amines is 1. The van der Waals surface area contributed by atoms with E-state index in [2.05, 4.69) is 24.9 Å². The lowest BCUT2D eigenvalue weighted by Crippen LogP contribution is -1.87. The summed E-state index contributed by atoms with van der Waals surface area (Å²) in [6.45, 7) is 0. The molecule has 0 amide bonds. The van der Waals surface area contributed by atoms with Crippen LogP contribution in [0.2, 0.25) is 0 Å². The van der Waals surface area contributed by atoms with E-state index in [9.17, 15) is 0 Å². The van der Waals surface area contributed by atoms with E-state index in [1.807, 2.05) is 22.2 Å². The van der Waals surface area contributed by atoms with Gasteiger partial charge >= 0.3 is 0 Å². The maximum absolute atomic E-state index is 4.55. The fourth-order valence-corrected chi connectivity index (χ4v) is 3.40. The van der Waals surface area contributed by atoms with Crippen molar-refractivity contribution >= 4 is 39.2 Å². The molecule has 0 aliphatic heterocycles. The molecular weight excluding hydrogens is 280 g/mol. The van der Waals surface area contributed by atoms with Gasteiger partial charge in [-0.3, -0.25) is 4.40 Å². The van der Waals surface area contributed by atoms with Crippen molar-refractivity contribution in [2.75, 3.05) is 0 Å². The first-order chi connectivity index (χ1) is 9.40. The molecule has 0 aromatic carbocycles. The molecule has 4 rings (SSSR count). The second-order valence-electron chi connectivity index (χ2n) is 3.89. The Labute approximate surface area is 116 Å². The van der Waals surface area contributed by atoms with Crippen molar-refractivity contribution in [1.29, 1.82) is 0 Å². The van der Waals surface area contributed by atoms with Crippen LogP contribution < -0.4 is 0 Å². The number of aromatic nitrogens is 6. The van der Waals surface area contributed by atoms with Gasteiger partial charge in [-0.15, -0.1) is 11.3 Å². The van der Waals surface area contributed by atoms with Crippen molar-refractivity contribution < 1.29 is 0 Å². The molecular formula is C11H8N6S2. The molecule has 4 heterocycles. The number of rotatable bonds is 3. The number of nitrogens with zero attached hydrogens (tertiary/aromatic N) is 5. The highest BCUT2D eigenvalue weighted by Crippen LogP contribution is 2.25. The Hall–Kier alpha value is -1.93. The molecule has 6 nitrogen and oxygen atoms in total. The van der Waals surface area contributed by atoms with Crippen molar-refractivity contribution in [3.8, 4) is 0 Å². The Balaban J connectivity index is 1.61. The second kappa shape index (κ2) is 4.32. The lowest BCUT2D eigenvalue weighted by molar-refractivity contribution is 1.08. The zero-order valence-corrected chi connectivity index (χ0v) is 11.3. The molecule has 19 heavy (non-hydrogen) atoms. The molecule has 0 radical (unpaired) electrons. The van der Waals surface area contributed by atoms with E-state index in [1.54, 1.807) is 29.4 Å². The van der Waals surface area contributed by atoms with Crippen LogP contribution in [0.1, 0.15) is 5.69 Å². The first kappa shape index (κ1) is 10.9. The van der Waals surface area contributed by atoms with Gasteiger partial charge in [-0.1, -0.05) is 11.8 Å². The minimum atomic E-state index is 0.698. The fourth-order valence-electron chi connectivity index (χ4n) is 1.84. The van der Waals surface area contributed by atoms with Crippen molar-refractivity contribution in [3.05, 3.63) is 36.1 Å². The van der Waals surface area contributed by atoms with Gasteiger partial charge in [0.1, 0.15) is 16.9 Å². The van der Waals surface area contributed by atoms with Gasteiger partial charge in [0.15, 0.2) is 10.6 Å². The van der Waals surface area contributed by atoms with E-state index >= 15 is 0 Å². The van der Waals surface area contributed by atoms with Crippen LogP contribution in [0.25, 0.3) is 16.1 Å². The summed E-state index contributed by atoms with van der Waals surface area (Å²) < 4.78 is 2.03. The molecule has 8 heteroatoms. The molecule has 4 aromatic rings. The number of hydrogen-bond donors (Lipinski definition) is 1. The number of thioether (sulfide) groups is 1. The highest BCUT2D eigenvalue weighted by Gasteiger charge is 2.08. The second-order valence-corrected chi connectivity index (χ2v) is 5.73. The molecule has 0 aliphatic carbocycles. The van der Waals surface area contributed by atoms with E-state index in [0.29, 0.717) is 5.65 Å². The third-order valence-corrected chi connectivity index (χ3v) is 4.48. The van der Waals surface area contributed by atoms with Crippen LogP contribution in [0.3, 0.4) is 0 Å². The van der Waals surface area contributed by atoms with Crippen molar-refractivity contribution in [3.63, 3.8) is 0 Å². The largest absolute Gasteiger partial charge is 0.341 e. The highest BCUT2D eigenvalue weighted by atomic mass is 32.2. The lowest BCUT2D eigenvalue weighted by Gasteiger charge is -1.98. The number of thiazole rings is 1. The normalized spacial score (nSPS) is 11.6. The molecule has 4 aromatic heterocycles. The van der Waals surface area contributed by atoms with Gasteiger partial charge < -0.3 is 4.98 Å². The first-order valence-corrected chi connectivity index (χ1v) is 7.44.